The summed E-state index contributed by atoms with van der Waals surface area (Å²) in [6, 6.07) is -10.2. The van der Waals surface area contributed by atoms with Crippen LogP contribution in [0.4, 0.5) is 26.3 Å². The van der Waals surface area contributed by atoms with E-state index in [2.05, 4.69) is 47.5 Å². The zero-order valence-electron chi connectivity index (χ0n) is 60.9. The molecule has 44 heteroatoms. The smallest absolute Gasteiger partial charge is 0.475 e. The van der Waals surface area contributed by atoms with Crippen LogP contribution in [0, 0.1) is 17.8 Å². The molecule has 1 aliphatic heterocycles. The number of halogens is 6. The van der Waals surface area contributed by atoms with Crippen molar-refractivity contribution in [2.45, 2.75) is 223 Å². The number of carbonyl (C=O) groups is 14. The second kappa shape index (κ2) is 44.1. The Morgan fingerprint density at radius 3 is 1.56 bits per heavy atom. The summed E-state index contributed by atoms with van der Waals surface area (Å²) in [5.41, 5.74) is 22.8. The fraction of sp³-hybridized carbons (Fsp3) is 0.661. The highest BCUT2D eigenvalue weighted by Gasteiger charge is 2.45. The third kappa shape index (κ3) is 35.8. The number of aliphatic imine (C=N–C) groups is 1. The van der Waals surface area contributed by atoms with Crippen LogP contribution in [-0.4, -0.2) is 246 Å². The Hall–Kier alpha value is -9.12. The highest BCUT2D eigenvalue weighted by atomic mass is 28.3. The number of rotatable bonds is 23. The van der Waals surface area contributed by atoms with E-state index in [0.717, 1.165) is 6.92 Å². The molecule has 1 aromatic carbocycles. The number of guanidine groups is 1. The predicted octanol–water partition coefficient (Wildman–Crippen LogP) is -3.58. The number of aliphatic carboxylic acids is 2. The number of benzene rings is 1. The normalized spacial score (nSPS) is 22.9. The van der Waals surface area contributed by atoms with Crippen LogP contribution in [0.1, 0.15) is 85.8 Å². The van der Waals surface area contributed by atoms with E-state index in [0.29, 0.717) is 6.04 Å². The SMILES string of the molecule is CC[C@H](C)C1NC(=O)[C@@H](CCCN=C(N)N)NC(=O)[C@H](CC(C)C)NC(=O)[C@H]([C@H](O)C(C)C)NC(=O)[C@@H](NC(=O)[C@H](C[Si](C)(C)C)NC(=O)[C@H](N)C[Si](C)(C)C)[C@@H](c2ccccc2)OC(=O)[C@H](CO)NC(=O)[C@H]([C@H](O)C(N)=O)NC(=O)CNC(=O)[C@H]([C@H](C)O)NC1=O.O=C(O)C(F)(F)F.O=C(O)C(F)(F)F. The van der Waals surface area contributed by atoms with Gasteiger partial charge in [0.05, 0.1) is 31.4 Å². The van der Waals surface area contributed by atoms with Crippen LogP contribution in [0.5, 0.6) is 0 Å². The summed E-state index contributed by atoms with van der Waals surface area (Å²) in [6.45, 7) is 19.9. The quantitative estimate of drug-likeness (QED) is 0.0126. The number of ether oxygens (including phenoxy) is 1. The molecule has 0 radical (unpaired) electrons. The van der Waals surface area contributed by atoms with Gasteiger partial charge in [-0.15, -0.1) is 0 Å². The lowest BCUT2D eigenvalue weighted by molar-refractivity contribution is -0.193. The number of aliphatic hydroxyl groups is 4. The summed E-state index contributed by atoms with van der Waals surface area (Å²) in [5.74, 6) is -22.2. The van der Waals surface area contributed by atoms with Crippen LogP contribution in [-0.2, 0) is 71.9 Å². The van der Waals surface area contributed by atoms with Crippen LogP contribution < -0.4 is 76.1 Å². The van der Waals surface area contributed by atoms with Crippen molar-refractivity contribution in [2.75, 3.05) is 19.7 Å². The molecule has 1 unspecified atom stereocenters. The van der Waals surface area contributed by atoms with Gasteiger partial charge in [-0.05, 0) is 61.6 Å². The second-order valence-corrected chi connectivity index (χ2v) is 39.0. The fourth-order valence-corrected chi connectivity index (χ4v) is 12.5. The molecule has 1 aromatic rings. The number of alkyl halides is 6. The second-order valence-electron chi connectivity index (χ2n) is 27.9. The molecule has 0 bridgehead atoms. The number of carboxylic acid groups (broad SMARTS) is 2. The third-order valence-electron chi connectivity index (χ3n) is 15.1. The lowest BCUT2D eigenvalue weighted by Crippen LogP contribution is -2.64. The Labute approximate surface area is 609 Å². The van der Waals surface area contributed by atoms with Gasteiger partial charge in [-0.25, -0.2) is 14.4 Å². The summed E-state index contributed by atoms with van der Waals surface area (Å²) in [5, 5.41) is 82.7. The number of carboxylic acids is 2. The number of amides is 11. The predicted molar refractivity (Wildman–Crippen MR) is 371 cm³/mol. The molecule has 1 aliphatic rings. The van der Waals surface area contributed by atoms with Crippen LogP contribution in [0.3, 0.4) is 0 Å². The molecule has 11 amide bonds. The van der Waals surface area contributed by atoms with Crippen LogP contribution >= 0.6 is 0 Å². The molecule has 2 rings (SSSR count). The minimum Gasteiger partial charge on any atom is -0.475 e. The highest BCUT2D eigenvalue weighted by molar-refractivity contribution is 6.77. The number of hydrogen-bond donors (Lipinski definition) is 20. The van der Waals surface area contributed by atoms with Crippen molar-refractivity contribution in [1.82, 2.24) is 53.2 Å². The van der Waals surface area contributed by atoms with E-state index in [1.54, 1.807) is 27.7 Å². The molecule has 1 fully saturated rings. The van der Waals surface area contributed by atoms with Gasteiger partial charge < -0.3 is 111 Å². The first kappa shape index (κ1) is 96.9. The van der Waals surface area contributed by atoms with Crippen molar-refractivity contribution in [3.63, 3.8) is 0 Å². The summed E-state index contributed by atoms with van der Waals surface area (Å²) in [7, 11) is -4.39. The van der Waals surface area contributed by atoms with Crippen molar-refractivity contribution in [3.05, 3.63) is 35.9 Å². The first-order chi connectivity index (χ1) is 48.5. The first-order valence-corrected chi connectivity index (χ1v) is 40.5. The van der Waals surface area contributed by atoms with Gasteiger partial charge in [-0.3, -0.25) is 57.7 Å². The van der Waals surface area contributed by atoms with Crippen LogP contribution in [0.25, 0.3) is 0 Å². The Morgan fingerprint density at radius 1 is 0.632 bits per heavy atom. The maximum Gasteiger partial charge on any atom is 0.490 e. The van der Waals surface area contributed by atoms with E-state index in [1.807, 2.05) is 49.9 Å². The molecule has 106 heavy (non-hydrogen) atoms. The Balaban J connectivity index is 0.00000710. The highest BCUT2D eigenvalue weighted by Crippen LogP contribution is 2.26. The van der Waals surface area contributed by atoms with Gasteiger partial charge >= 0.3 is 30.3 Å². The van der Waals surface area contributed by atoms with Crippen molar-refractivity contribution >= 4 is 105 Å². The number of nitrogens with two attached hydrogens (primary N) is 4. The molecule has 602 valence electrons. The van der Waals surface area contributed by atoms with E-state index < -0.39 is 221 Å². The van der Waals surface area contributed by atoms with Crippen molar-refractivity contribution in [1.29, 1.82) is 0 Å². The zero-order chi connectivity index (χ0) is 82.4. The van der Waals surface area contributed by atoms with Crippen molar-refractivity contribution in [2.24, 2.45) is 45.7 Å². The molecule has 24 N–H and O–H groups in total. The van der Waals surface area contributed by atoms with Crippen LogP contribution in [0.2, 0.25) is 51.4 Å². The number of hydrogen-bond acceptors (Lipinski definition) is 21. The summed E-state index contributed by atoms with van der Waals surface area (Å²) < 4.78 is 69.4. The molecular formula is C62H103F6N15O21Si2. The van der Waals surface area contributed by atoms with E-state index in [1.165, 1.54) is 44.2 Å². The summed E-state index contributed by atoms with van der Waals surface area (Å²) >= 11 is 0. The molecule has 36 nitrogen and oxygen atoms in total. The number of primary amides is 1. The minimum atomic E-state index is -5.08. The minimum absolute atomic E-state index is 0.0412. The fourth-order valence-electron chi connectivity index (χ4n) is 9.51. The number of nitrogens with one attached hydrogen (secondary N) is 10. The lowest BCUT2D eigenvalue weighted by Gasteiger charge is -2.34. The number of carbonyl (C=O) groups excluding carboxylic acids is 12. The average Bonchev–Trinajstić information content (AvgIpc) is 0.810. The molecule has 0 spiro atoms. The first-order valence-electron chi connectivity index (χ1n) is 33.1. The monoisotopic (exact) mass is 1560 g/mol. The van der Waals surface area contributed by atoms with Crippen molar-refractivity contribution < 1.29 is 129 Å². The molecule has 1 saturated heterocycles. The standard InChI is InChI=1S/C58H101N15O17Si2.2C2HF3O2/c1-14-30(6)39-53(85)71-40(31(7)75)52(84)64-24-38(76)69-42(45(78)47(60)79)55(87)67-36(25-74)57(89)90-46(32-19-16-15-17-20-32)43(73-51(83)37(27-92(11,12)13)68-48(80)33(59)26-91(8,9)10)56(88)72-41(44(77)29(4)5)54(86)66-35(23-28(2)3)50(82)65-34(49(81)70-39)21-18-22-63-58(61)62;2*3-2(4,5)1(6)7/h15-17,19-20,28-31,33-37,39-46,74-75,77-78H,14,18,21-27,59H2,1-13H3,(H2,60,79)(H,64,84)(H,65,82)(H,66,86)(H,67,87)(H,68,80)(H,69,76)(H,70,81)(H,71,85)(H,72,88)(H,73,83)(H4,61,62,63);2*(H,6,7)/t30-,31-,33+,34+,35-,36-,37-,39?,40-,41-,42-,43-,44+,45-,46+;;/m0../s1. The lowest BCUT2D eigenvalue weighted by atomic mass is 9.95. The van der Waals surface area contributed by atoms with E-state index >= 15 is 9.59 Å². The Morgan fingerprint density at radius 2 is 1.10 bits per heavy atom. The Kier molecular flexibility index (Phi) is 40.3. The van der Waals surface area contributed by atoms with E-state index in [9.17, 15) is 94.7 Å². The largest absolute Gasteiger partial charge is 0.490 e. The van der Waals surface area contributed by atoms with Crippen molar-refractivity contribution in [3.8, 4) is 0 Å². The number of aliphatic hydroxyl groups excluding tert-OH is 4. The van der Waals surface area contributed by atoms with Gasteiger partial charge in [-0.1, -0.05) is 118 Å². The molecule has 0 aromatic heterocycles. The van der Waals surface area contributed by atoms with E-state index in [4.69, 9.17) is 47.5 Å². The average molecular weight is 1560 g/mol. The summed E-state index contributed by atoms with van der Waals surface area (Å²) in [6.07, 6.45) is -18.3. The van der Waals surface area contributed by atoms with Gasteiger partial charge in [0.25, 0.3) is 0 Å². The topological polar surface area (TPSA) is 606 Å². The van der Waals surface area contributed by atoms with Gasteiger partial charge in [0.15, 0.2) is 24.2 Å². The maximum absolute atomic E-state index is 15.5. The van der Waals surface area contributed by atoms with Gasteiger partial charge in [0.1, 0.15) is 48.3 Å². The molecule has 0 saturated carbocycles. The number of nitrogens with zero attached hydrogens (tertiary/aromatic N) is 1. The Bertz CT molecular complexity index is 3180. The zero-order valence-corrected chi connectivity index (χ0v) is 62.9. The molecular weight excluding hydrogens is 1460 g/mol. The number of cyclic esters (lactones) is 1. The van der Waals surface area contributed by atoms with E-state index in [-0.39, 0.29) is 55.7 Å². The third-order valence-corrected chi connectivity index (χ3v) is 18.4. The maximum atomic E-state index is 15.5. The van der Waals surface area contributed by atoms with Gasteiger partial charge in [-0.2, -0.15) is 26.3 Å². The van der Waals surface area contributed by atoms with Gasteiger partial charge in [0, 0.05) is 22.7 Å². The molecule has 15 atom stereocenters. The molecule has 1 heterocycles. The van der Waals surface area contributed by atoms with Gasteiger partial charge in [0.2, 0.25) is 65.0 Å². The van der Waals surface area contributed by atoms with Crippen LogP contribution in [0.15, 0.2) is 35.3 Å². The number of esters is 1. The molecule has 0 aliphatic carbocycles. The summed E-state index contributed by atoms with van der Waals surface area (Å²) in [4.78, 5) is 193.